The average molecular weight is 578 g/mol. The van der Waals surface area contributed by atoms with Gasteiger partial charge in [-0.3, -0.25) is 24.5 Å². The molecule has 10 nitrogen and oxygen atoms in total. The van der Waals surface area contributed by atoms with Crippen LogP contribution in [0.5, 0.6) is 0 Å². The number of aromatic nitrogens is 1. The third-order valence-corrected chi connectivity index (χ3v) is 8.77. The molecular weight excluding hydrogens is 546 g/mol. The maximum atomic E-state index is 13.0. The number of hydrogen-bond donors (Lipinski definition) is 2. The summed E-state index contributed by atoms with van der Waals surface area (Å²) in [4.78, 5) is 58.0. The largest absolute Gasteiger partial charge is 0.423 e. The van der Waals surface area contributed by atoms with Gasteiger partial charge < -0.3 is 19.5 Å². The minimum Gasteiger partial charge on any atom is -0.423 e. The van der Waals surface area contributed by atoms with E-state index in [2.05, 4.69) is 44.8 Å². The molecule has 4 heterocycles. The van der Waals surface area contributed by atoms with Crippen molar-refractivity contribution in [3.8, 4) is 11.3 Å². The van der Waals surface area contributed by atoms with E-state index in [0.29, 0.717) is 41.6 Å². The summed E-state index contributed by atoms with van der Waals surface area (Å²) in [6.45, 7) is 2.36. The zero-order valence-corrected chi connectivity index (χ0v) is 23.5. The number of rotatable bonds is 6. The Hall–Kier alpha value is -4.99. The molecule has 7 rings (SSSR count). The monoisotopic (exact) mass is 577 g/mol. The van der Waals surface area contributed by atoms with Crippen LogP contribution >= 0.6 is 0 Å². The maximum Gasteiger partial charge on any atom is 0.297 e. The van der Waals surface area contributed by atoms with Gasteiger partial charge in [-0.1, -0.05) is 42.5 Å². The lowest BCUT2D eigenvalue weighted by molar-refractivity contribution is -0.136. The van der Waals surface area contributed by atoms with Crippen molar-refractivity contribution < 1.29 is 23.6 Å². The second-order valence-electron chi connectivity index (χ2n) is 11.4. The highest BCUT2D eigenvalue weighted by Crippen LogP contribution is 2.32. The number of nitrogens with one attached hydrogen (secondary N) is 2. The van der Waals surface area contributed by atoms with E-state index in [1.165, 1.54) is 4.90 Å². The first-order valence-corrected chi connectivity index (χ1v) is 14.7. The molecule has 0 aliphatic carbocycles. The van der Waals surface area contributed by atoms with Crippen molar-refractivity contribution in [1.82, 2.24) is 20.5 Å². The highest BCUT2D eigenvalue weighted by atomic mass is 16.4. The van der Waals surface area contributed by atoms with Gasteiger partial charge >= 0.3 is 0 Å². The van der Waals surface area contributed by atoms with Crippen LogP contribution in [-0.2, 0) is 16.1 Å². The van der Waals surface area contributed by atoms with Crippen LogP contribution in [0.2, 0.25) is 0 Å². The molecule has 3 aliphatic rings. The summed E-state index contributed by atoms with van der Waals surface area (Å²) in [5, 5.41) is 7.65. The highest BCUT2D eigenvalue weighted by Gasteiger charge is 2.39. The molecule has 1 unspecified atom stereocenters. The van der Waals surface area contributed by atoms with Crippen molar-refractivity contribution >= 4 is 40.4 Å². The molecule has 2 saturated heterocycles. The number of hydrogen-bond acceptors (Lipinski definition) is 7. The van der Waals surface area contributed by atoms with Crippen molar-refractivity contribution in [2.75, 3.05) is 24.5 Å². The Morgan fingerprint density at radius 1 is 0.977 bits per heavy atom. The fraction of sp³-hybridized carbons (Fsp3) is 0.303. The van der Waals surface area contributed by atoms with Crippen molar-refractivity contribution in [1.29, 1.82) is 0 Å². The molecular formula is C33H31N5O5. The van der Waals surface area contributed by atoms with E-state index in [-0.39, 0.29) is 30.7 Å². The average Bonchev–Trinajstić information content (AvgIpc) is 3.65. The molecule has 4 amide bonds. The van der Waals surface area contributed by atoms with E-state index >= 15 is 0 Å². The van der Waals surface area contributed by atoms with Crippen molar-refractivity contribution in [3.05, 3.63) is 83.6 Å². The number of oxazole rings is 1. The Morgan fingerprint density at radius 3 is 2.63 bits per heavy atom. The van der Waals surface area contributed by atoms with Gasteiger partial charge in [0, 0.05) is 49.3 Å². The Balaban J connectivity index is 0.932. The number of benzene rings is 3. The molecule has 10 heteroatoms. The number of amides is 4. The summed E-state index contributed by atoms with van der Waals surface area (Å²) >= 11 is 0. The highest BCUT2D eigenvalue weighted by molar-refractivity contribution is 6.06. The summed E-state index contributed by atoms with van der Waals surface area (Å²) in [6.07, 6.45) is 4.08. The molecule has 0 radical (unpaired) electrons. The van der Waals surface area contributed by atoms with Gasteiger partial charge in [0.15, 0.2) is 5.76 Å². The van der Waals surface area contributed by atoms with Gasteiger partial charge in [0.1, 0.15) is 6.04 Å². The summed E-state index contributed by atoms with van der Waals surface area (Å²) in [5.41, 5.74) is 2.71. The number of imide groups is 1. The summed E-state index contributed by atoms with van der Waals surface area (Å²) in [5.74, 6) is -0.138. The van der Waals surface area contributed by atoms with E-state index in [4.69, 9.17) is 4.42 Å². The lowest BCUT2D eigenvalue weighted by Gasteiger charge is -2.30. The van der Waals surface area contributed by atoms with Crippen molar-refractivity contribution in [2.24, 2.45) is 5.92 Å². The predicted octanol–water partition coefficient (Wildman–Crippen LogP) is 3.90. The second-order valence-corrected chi connectivity index (χ2v) is 11.4. The minimum atomic E-state index is -0.679. The number of piperidine rings is 2. The molecule has 43 heavy (non-hydrogen) atoms. The maximum absolute atomic E-state index is 13.0. The number of anilines is 1. The number of carbonyl (C=O) groups is 4. The van der Waals surface area contributed by atoms with Gasteiger partial charge in [0.2, 0.25) is 11.8 Å². The van der Waals surface area contributed by atoms with E-state index in [1.807, 2.05) is 18.2 Å². The normalized spacial score (nSPS) is 19.1. The number of nitrogens with zero attached hydrogens (tertiary/aromatic N) is 3. The zero-order chi connectivity index (χ0) is 29.5. The van der Waals surface area contributed by atoms with E-state index < -0.39 is 11.9 Å². The third kappa shape index (κ3) is 5.13. The van der Waals surface area contributed by atoms with Crippen molar-refractivity contribution in [2.45, 2.75) is 38.3 Å². The molecule has 4 aromatic rings. The molecule has 3 aromatic carbocycles. The quantitative estimate of drug-likeness (QED) is 0.333. The summed E-state index contributed by atoms with van der Waals surface area (Å²) in [7, 11) is 0. The molecule has 3 aliphatic heterocycles. The van der Waals surface area contributed by atoms with Crippen LogP contribution in [0.3, 0.4) is 0 Å². The molecule has 0 saturated carbocycles. The Labute approximate surface area is 248 Å². The minimum absolute atomic E-state index is 0.190. The zero-order valence-electron chi connectivity index (χ0n) is 23.5. The fourth-order valence-electron chi connectivity index (χ4n) is 6.36. The third-order valence-electron chi connectivity index (χ3n) is 8.77. The lowest BCUT2D eigenvalue weighted by Crippen LogP contribution is -2.52. The number of carbonyl (C=O) groups excluding carboxylic acids is 4. The van der Waals surface area contributed by atoms with E-state index in [0.717, 1.165) is 48.0 Å². The van der Waals surface area contributed by atoms with Crippen LogP contribution in [-0.4, -0.2) is 59.2 Å². The molecule has 2 fully saturated rings. The predicted molar refractivity (Wildman–Crippen MR) is 159 cm³/mol. The molecule has 0 bridgehead atoms. The van der Waals surface area contributed by atoms with Gasteiger partial charge in [0.05, 0.1) is 6.20 Å². The lowest BCUT2D eigenvalue weighted by atomic mass is 9.97. The van der Waals surface area contributed by atoms with Gasteiger partial charge in [-0.05, 0) is 59.7 Å². The molecule has 2 N–H and O–H groups in total. The smallest absolute Gasteiger partial charge is 0.297 e. The van der Waals surface area contributed by atoms with Crippen LogP contribution in [0.15, 0.2) is 71.3 Å². The number of fused-ring (bicyclic) bond motifs is 2. The SMILES string of the molecule is O=C1CCC(N2Cc3cc(C(=O)NCC4CCN(c5ncc(-c6cccc7ccccc67)o5)CC4)ccc3C2=O)C(=O)N1. The molecule has 218 valence electrons. The summed E-state index contributed by atoms with van der Waals surface area (Å²) in [6, 6.07) is 19.4. The van der Waals surface area contributed by atoms with E-state index in [9.17, 15) is 19.2 Å². The molecule has 1 aromatic heterocycles. The first-order chi connectivity index (χ1) is 20.9. The van der Waals surface area contributed by atoms with Gasteiger partial charge in [-0.25, -0.2) is 4.98 Å². The molecule has 0 spiro atoms. The van der Waals surface area contributed by atoms with Crippen LogP contribution < -0.4 is 15.5 Å². The standard InChI is InChI=1S/C33H31N5O5/c39-29-11-10-27(31(41)36-29)38-19-23-16-22(8-9-25(23)32(38)42)30(40)34-17-20-12-14-37(15-13-20)33-35-18-28(43-33)26-7-3-5-21-4-1-2-6-24(21)26/h1-9,16,18,20,27H,10-15,17,19H2,(H,34,40)(H,36,39,41). The van der Waals surface area contributed by atoms with Crippen LogP contribution in [0.4, 0.5) is 6.01 Å². The Kier molecular flexibility index (Phi) is 6.89. The van der Waals surface area contributed by atoms with Crippen LogP contribution in [0, 0.1) is 5.92 Å². The first kappa shape index (κ1) is 26.9. The van der Waals surface area contributed by atoms with Crippen LogP contribution in [0.1, 0.15) is 52.0 Å². The molecule has 1 atom stereocenters. The first-order valence-electron chi connectivity index (χ1n) is 14.7. The van der Waals surface area contributed by atoms with Gasteiger partial charge in [0.25, 0.3) is 17.8 Å². The topological polar surface area (TPSA) is 125 Å². The Morgan fingerprint density at radius 2 is 1.79 bits per heavy atom. The fourth-order valence-corrected chi connectivity index (χ4v) is 6.36. The van der Waals surface area contributed by atoms with Crippen LogP contribution in [0.25, 0.3) is 22.1 Å². The second kappa shape index (κ2) is 11.0. The van der Waals surface area contributed by atoms with Crippen molar-refractivity contribution in [3.63, 3.8) is 0 Å². The summed E-state index contributed by atoms with van der Waals surface area (Å²) < 4.78 is 6.19. The van der Waals surface area contributed by atoms with Gasteiger partial charge in [-0.2, -0.15) is 0 Å². The van der Waals surface area contributed by atoms with Gasteiger partial charge in [-0.15, -0.1) is 0 Å². The Bertz CT molecular complexity index is 1750. The van der Waals surface area contributed by atoms with E-state index in [1.54, 1.807) is 24.4 Å².